The second-order valence-corrected chi connectivity index (χ2v) is 9.14. The van der Waals surface area contributed by atoms with Crippen LogP contribution in [0.25, 0.3) is 0 Å². The van der Waals surface area contributed by atoms with E-state index in [1.807, 2.05) is 12.1 Å². The molecule has 4 fully saturated rings. The van der Waals surface area contributed by atoms with Crippen LogP contribution in [0.15, 0.2) is 54.6 Å². The molecule has 4 aliphatic rings. The van der Waals surface area contributed by atoms with Gasteiger partial charge in [-0.15, -0.1) is 0 Å². The van der Waals surface area contributed by atoms with E-state index in [4.69, 9.17) is 0 Å². The lowest BCUT2D eigenvalue weighted by Crippen LogP contribution is -2.46. The summed E-state index contributed by atoms with van der Waals surface area (Å²) in [6.07, 6.45) is 10.0. The Kier molecular flexibility index (Phi) is 3.73. The van der Waals surface area contributed by atoms with Crippen molar-refractivity contribution >= 4 is 0 Å². The monoisotopic (exact) mass is 334 g/mol. The molecule has 130 valence electrons. The van der Waals surface area contributed by atoms with Crippen LogP contribution in [-0.4, -0.2) is 0 Å². The van der Waals surface area contributed by atoms with Crippen molar-refractivity contribution in [3.8, 4) is 0 Å². The van der Waals surface area contributed by atoms with Crippen molar-refractivity contribution in [1.82, 2.24) is 0 Å². The minimum Gasteiger partial charge on any atom is -0.207 e. The lowest BCUT2D eigenvalue weighted by molar-refractivity contribution is -0.0591. The molecule has 4 saturated carbocycles. The lowest BCUT2D eigenvalue weighted by Gasteiger charge is -2.57. The fraction of sp³-hybridized carbons (Fsp3) is 0.500. The van der Waals surface area contributed by atoms with Crippen LogP contribution in [-0.2, 0) is 0 Å². The Morgan fingerprint density at radius 2 is 1.28 bits per heavy atom. The minimum absolute atomic E-state index is 0.134. The van der Waals surface area contributed by atoms with Gasteiger partial charge in [-0.3, -0.25) is 0 Å². The van der Waals surface area contributed by atoms with Crippen molar-refractivity contribution in [2.75, 3.05) is 0 Å². The largest absolute Gasteiger partial charge is 0.207 e. The average Bonchev–Trinajstić information content (AvgIpc) is 2.60. The Morgan fingerprint density at radius 3 is 1.84 bits per heavy atom. The Hall–Kier alpha value is -1.63. The molecule has 4 aliphatic carbocycles. The van der Waals surface area contributed by atoms with Crippen molar-refractivity contribution in [3.63, 3.8) is 0 Å². The van der Waals surface area contributed by atoms with Gasteiger partial charge >= 0.3 is 0 Å². The number of hydrogen-bond donors (Lipinski definition) is 0. The Balaban J connectivity index is 1.49. The maximum atomic E-state index is 13.5. The molecule has 0 N–H and O–H groups in total. The second-order valence-electron chi connectivity index (χ2n) is 9.14. The molecule has 0 heterocycles. The maximum Gasteiger partial charge on any atom is 0.123 e. The predicted molar refractivity (Wildman–Crippen MR) is 99.9 cm³/mol. The summed E-state index contributed by atoms with van der Waals surface area (Å²) in [7, 11) is 0. The van der Waals surface area contributed by atoms with E-state index in [-0.39, 0.29) is 5.82 Å². The quantitative estimate of drug-likeness (QED) is 0.593. The van der Waals surface area contributed by atoms with Gasteiger partial charge in [-0.05, 0) is 91.4 Å². The van der Waals surface area contributed by atoms with Gasteiger partial charge in [0.2, 0.25) is 0 Å². The van der Waals surface area contributed by atoms with Crippen LogP contribution >= 0.6 is 0 Å². The van der Waals surface area contributed by atoms with Crippen LogP contribution in [0.3, 0.4) is 0 Å². The van der Waals surface area contributed by atoms with Crippen molar-refractivity contribution < 1.29 is 4.39 Å². The van der Waals surface area contributed by atoms with Gasteiger partial charge in [0.05, 0.1) is 0 Å². The van der Waals surface area contributed by atoms with E-state index in [1.165, 1.54) is 56.1 Å². The van der Waals surface area contributed by atoms with E-state index in [1.54, 1.807) is 12.1 Å². The SMILES string of the molecule is Fc1ccc(C(CC23CC4CC(CC(C4)C2)C3)c2ccccc2)cc1. The summed E-state index contributed by atoms with van der Waals surface area (Å²) in [6.45, 7) is 0. The molecule has 1 unspecified atom stereocenters. The molecule has 1 atom stereocenters. The average molecular weight is 334 g/mol. The molecule has 0 spiro atoms. The molecule has 2 aromatic carbocycles. The van der Waals surface area contributed by atoms with Crippen LogP contribution in [0, 0.1) is 29.0 Å². The molecule has 1 heteroatoms. The van der Waals surface area contributed by atoms with Crippen LogP contribution in [0.5, 0.6) is 0 Å². The van der Waals surface area contributed by atoms with Gasteiger partial charge in [0.1, 0.15) is 5.82 Å². The smallest absolute Gasteiger partial charge is 0.123 e. The Morgan fingerprint density at radius 1 is 0.760 bits per heavy atom. The van der Waals surface area contributed by atoms with Gasteiger partial charge in [-0.25, -0.2) is 4.39 Å². The zero-order chi connectivity index (χ0) is 16.9. The highest BCUT2D eigenvalue weighted by atomic mass is 19.1. The van der Waals surface area contributed by atoms with E-state index in [9.17, 15) is 4.39 Å². The summed E-state index contributed by atoms with van der Waals surface area (Å²) >= 11 is 0. The van der Waals surface area contributed by atoms with Crippen molar-refractivity contribution in [1.29, 1.82) is 0 Å². The van der Waals surface area contributed by atoms with E-state index in [0.717, 1.165) is 17.8 Å². The number of hydrogen-bond acceptors (Lipinski definition) is 0. The normalized spacial score (nSPS) is 34.2. The molecule has 25 heavy (non-hydrogen) atoms. The van der Waals surface area contributed by atoms with E-state index >= 15 is 0 Å². The van der Waals surface area contributed by atoms with Gasteiger partial charge in [-0.2, -0.15) is 0 Å². The fourth-order valence-corrected chi connectivity index (χ4v) is 6.78. The van der Waals surface area contributed by atoms with Crippen molar-refractivity contribution in [2.45, 2.75) is 50.9 Å². The first-order valence-electron chi connectivity index (χ1n) is 10.00. The van der Waals surface area contributed by atoms with Crippen LogP contribution in [0.1, 0.15) is 62.0 Å². The summed E-state index contributed by atoms with van der Waals surface area (Å²) < 4.78 is 13.5. The maximum absolute atomic E-state index is 13.5. The summed E-state index contributed by atoms with van der Waals surface area (Å²) in [4.78, 5) is 0. The first-order chi connectivity index (χ1) is 12.2. The van der Waals surface area contributed by atoms with Gasteiger partial charge in [0, 0.05) is 5.92 Å². The molecule has 0 aliphatic heterocycles. The summed E-state index contributed by atoms with van der Waals surface area (Å²) in [5, 5.41) is 0. The van der Waals surface area contributed by atoms with Crippen LogP contribution in [0.4, 0.5) is 4.39 Å². The number of rotatable bonds is 4. The van der Waals surface area contributed by atoms with Gasteiger partial charge in [0.15, 0.2) is 0 Å². The molecule has 0 nitrogen and oxygen atoms in total. The highest BCUT2D eigenvalue weighted by Gasteiger charge is 2.51. The highest BCUT2D eigenvalue weighted by Crippen LogP contribution is 2.63. The topological polar surface area (TPSA) is 0 Å². The summed E-state index contributed by atoms with van der Waals surface area (Å²) in [5.41, 5.74) is 3.21. The lowest BCUT2D eigenvalue weighted by atomic mass is 9.48. The molecule has 2 aromatic rings. The zero-order valence-corrected chi connectivity index (χ0v) is 14.8. The number of halogens is 1. The van der Waals surface area contributed by atoms with E-state index in [0.29, 0.717) is 11.3 Å². The standard InChI is InChI=1S/C24H27F/c25-22-8-6-21(7-9-22)23(20-4-2-1-3-5-20)16-24-13-17-10-18(14-24)12-19(11-17)15-24/h1-9,17-19,23H,10-16H2. The fourth-order valence-electron chi connectivity index (χ4n) is 6.78. The minimum atomic E-state index is -0.134. The first kappa shape index (κ1) is 15.6. The van der Waals surface area contributed by atoms with E-state index in [2.05, 4.69) is 30.3 Å². The van der Waals surface area contributed by atoms with E-state index < -0.39 is 0 Å². The molecule has 0 aromatic heterocycles. The van der Waals surface area contributed by atoms with Crippen LogP contribution < -0.4 is 0 Å². The third-order valence-electron chi connectivity index (χ3n) is 7.28. The second kappa shape index (κ2) is 5.97. The molecule has 6 rings (SSSR count). The summed E-state index contributed by atoms with van der Waals surface area (Å²) in [5.74, 6) is 3.21. The van der Waals surface area contributed by atoms with Crippen molar-refractivity contribution in [2.24, 2.45) is 23.2 Å². The molecular formula is C24H27F. The zero-order valence-electron chi connectivity index (χ0n) is 14.8. The molecule has 0 amide bonds. The van der Waals surface area contributed by atoms with Gasteiger partial charge in [-0.1, -0.05) is 42.5 Å². The molecular weight excluding hydrogens is 307 g/mol. The molecule has 0 radical (unpaired) electrons. The van der Waals surface area contributed by atoms with Gasteiger partial charge < -0.3 is 0 Å². The Bertz CT molecular complexity index is 695. The number of benzene rings is 2. The first-order valence-corrected chi connectivity index (χ1v) is 10.00. The predicted octanol–water partition coefficient (Wildman–Crippen LogP) is 6.56. The molecule has 4 bridgehead atoms. The third kappa shape index (κ3) is 2.92. The van der Waals surface area contributed by atoms with Crippen molar-refractivity contribution in [3.05, 3.63) is 71.5 Å². The highest BCUT2D eigenvalue weighted by molar-refractivity contribution is 5.33. The Labute approximate surface area is 150 Å². The summed E-state index contributed by atoms with van der Waals surface area (Å²) in [6, 6.07) is 18.2. The molecule has 0 saturated heterocycles. The van der Waals surface area contributed by atoms with Gasteiger partial charge in [0.25, 0.3) is 0 Å². The third-order valence-corrected chi connectivity index (χ3v) is 7.28. The van der Waals surface area contributed by atoms with Crippen LogP contribution in [0.2, 0.25) is 0 Å².